The van der Waals surface area contributed by atoms with Crippen LogP contribution in [0.1, 0.15) is 18.4 Å². The summed E-state index contributed by atoms with van der Waals surface area (Å²) in [6, 6.07) is 13.5. The molecule has 6 nitrogen and oxygen atoms in total. The topological polar surface area (TPSA) is 52.2 Å². The minimum absolute atomic E-state index is 0.164. The number of hydrogen-bond acceptors (Lipinski definition) is 5. The predicted molar refractivity (Wildman–Crippen MR) is 118 cm³/mol. The van der Waals surface area contributed by atoms with Gasteiger partial charge in [-0.05, 0) is 55.4 Å². The summed E-state index contributed by atoms with van der Waals surface area (Å²) in [6.45, 7) is 2.09. The molecule has 0 aromatic heterocycles. The summed E-state index contributed by atoms with van der Waals surface area (Å²) < 4.78 is 22.1. The third-order valence-corrected chi connectivity index (χ3v) is 5.27. The van der Waals surface area contributed by atoms with Gasteiger partial charge in [-0.1, -0.05) is 6.07 Å². The maximum absolute atomic E-state index is 5.85. The molecule has 2 aromatic carbocycles. The molecule has 0 spiro atoms. The van der Waals surface area contributed by atoms with E-state index in [1.54, 1.807) is 21.3 Å². The highest BCUT2D eigenvalue weighted by Gasteiger charge is 2.22. The Morgan fingerprint density at radius 1 is 1.10 bits per heavy atom. The van der Waals surface area contributed by atoms with Crippen LogP contribution in [0.4, 0.5) is 5.69 Å². The Morgan fingerprint density at radius 3 is 2.59 bits per heavy atom. The van der Waals surface area contributed by atoms with Crippen molar-refractivity contribution in [2.75, 3.05) is 39.8 Å². The van der Waals surface area contributed by atoms with Gasteiger partial charge in [-0.25, -0.2) is 0 Å². The largest absolute Gasteiger partial charge is 0.497 e. The van der Waals surface area contributed by atoms with Gasteiger partial charge in [-0.15, -0.1) is 0 Å². The first kappa shape index (κ1) is 21.2. The Bertz CT molecular complexity index is 824. The molecule has 29 heavy (non-hydrogen) atoms. The number of rotatable bonds is 8. The van der Waals surface area contributed by atoms with Crippen molar-refractivity contribution in [3.05, 3.63) is 48.0 Å². The van der Waals surface area contributed by atoms with Gasteiger partial charge in [0.2, 0.25) is 0 Å². The first-order valence-corrected chi connectivity index (χ1v) is 10.1. The lowest BCUT2D eigenvalue weighted by atomic mass is 10.1. The molecule has 0 radical (unpaired) electrons. The lowest BCUT2D eigenvalue weighted by Crippen LogP contribution is -2.39. The summed E-state index contributed by atoms with van der Waals surface area (Å²) >= 11 is 5.76. The molecule has 0 bridgehead atoms. The van der Waals surface area contributed by atoms with Crippen LogP contribution in [0.25, 0.3) is 0 Å². The molecule has 3 rings (SSSR count). The Hall–Kier alpha value is -2.51. The first-order valence-electron chi connectivity index (χ1n) is 9.65. The smallest absolute Gasteiger partial charge is 0.173 e. The van der Waals surface area contributed by atoms with E-state index in [2.05, 4.69) is 10.2 Å². The van der Waals surface area contributed by atoms with Crippen molar-refractivity contribution in [2.45, 2.75) is 25.5 Å². The van der Waals surface area contributed by atoms with Crippen LogP contribution in [0.3, 0.4) is 0 Å². The van der Waals surface area contributed by atoms with Crippen molar-refractivity contribution in [2.24, 2.45) is 0 Å². The van der Waals surface area contributed by atoms with E-state index in [0.29, 0.717) is 18.2 Å². The molecule has 1 atom stereocenters. The SMILES string of the molecule is COc1cccc(NC(=S)N(Cc2cc(OC)ccc2OC)CC2CCCO2)c1. The molecule has 2 aromatic rings. The molecule has 1 N–H and O–H groups in total. The van der Waals surface area contributed by atoms with Crippen molar-refractivity contribution in [1.82, 2.24) is 4.90 Å². The maximum atomic E-state index is 5.85. The normalized spacial score (nSPS) is 15.6. The number of anilines is 1. The van der Waals surface area contributed by atoms with Crippen LogP contribution in [-0.2, 0) is 11.3 Å². The molecule has 1 aliphatic rings. The van der Waals surface area contributed by atoms with Crippen molar-refractivity contribution in [1.29, 1.82) is 0 Å². The van der Waals surface area contributed by atoms with Crippen LogP contribution in [0.15, 0.2) is 42.5 Å². The second kappa shape index (κ2) is 10.3. The number of methoxy groups -OCH3 is 3. The summed E-state index contributed by atoms with van der Waals surface area (Å²) in [5, 5.41) is 3.95. The van der Waals surface area contributed by atoms with E-state index in [-0.39, 0.29) is 6.10 Å². The van der Waals surface area contributed by atoms with Crippen molar-refractivity contribution in [3.8, 4) is 17.2 Å². The standard InChI is InChI=1S/C22H28N2O4S/c1-25-18-7-4-6-17(13-18)23-22(29)24(15-20-8-5-11-28-20)14-16-12-19(26-2)9-10-21(16)27-3/h4,6-7,9-10,12-13,20H,5,8,11,14-15H2,1-3H3,(H,23,29). The van der Waals surface area contributed by atoms with Gasteiger partial charge in [0.15, 0.2) is 5.11 Å². The van der Waals surface area contributed by atoms with Crippen LogP contribution in [0.5, 0.6) is 17.2 Å². The monoisotopic (exact) mass is 416 g/mol. The minimum atomic E-state index is 0.164. The zero-order valence-corrected chi connectivity index (χ0v) is 18.0. The number of benzene rings is 2. The Labute approximate surface area is 177 Å². The van der Waals surface area contributed by atoms with Gasteiger partial charge < -0.3 is 29.2 Å². The van der Waals surface area contributed by atoms with E-state index < -0.39 is 0 Å². The molecule has 1 unspecified atom stereocenters. The molecule has 1 fully saturated rings. The van der Waals surface area contributed by atoms with Crippen LogP contribution < -0.4 is 19.5 Å². The lowest BCUT2D eigenvalue weighted by Gasteiger charge is -2.29. The molecule has 156 valence electrons. The Kier molecular flexibility index (Phi) is 7.55. The summed E-state index contributed by atoms with van der Waals surface area (Å²) in [4.78, 5) is 2.11. The zero-order chi connectivity index (χ0) is 20.6. The summed E-state index contributed by atoms with van der Waals surface area (Å²) in [5.74, 6) is 2.36. The fourth-order valence-electron chi connectivity index (χ4n) is 3.37. The number of thiocarbonyl (C=S) groups is 1. The fraction of sp³-hybridized carbons (Fsp3) is 0.409. The second-order valence-electron chi connectivity index (χ2n) is 6.86. The summed E-state index contributed by atoms with van der Waals surface area (Å²) in [5.41, 5.74) is 1.88. The average Bonchev–Trinajstić information content (AvgIpc) is 3.26. The second-order valence-corrected chi connectivity index (χ2v) is 7.24. The quantitative estimate of drug-likeness (QED) is 0.651. The molecule has 1 saturated heterocycles. The fourth-order valence-corrected chi connectivity index (χ4v) is 3.62. The van der Waals surface area contributed by atoms with Crippen molar-refractivity contribution in [3.63, 3.8) is 0 Å². The number of hydrogen-bond donors (Lipinski definition) is 1. The molecular formula is C22H28N2O4S. The van der Waals surface area contributed by atoms with E-state index in [1.807, 2.05) is 42.5 Å². The molecule has 7 heteroatoms. The van der Waals surface area contributed by atoms with Crippen molar-refractivity contribution < 1.29 is 18.9 Å². The van der Waals surface area contributed by atoms with Crippen LogP contribution in [0, 0.1) is 0 Å². The number of ether oxygens (including phenoxy) is 4. The highest BCUT2D eigenvalue weighted by Crippen LogP contribution is 2.27. The third-order valence-electron chi connectivity index (χ3n) is 4.91. The third kappa shape index (κ3) is 5.74. The van der Waals surface area contributed by atoms with E-state index in [0.717, 1.165) is 47.9 Å². The summed E-state index contributed by atoms with van der Waals surface area (Å²) in [7, 11) is 4.98. The van der Waals surface area contributed by atoms with Crippen LogP contribution in [-0.4, -0.2) is 50.6 Å². The van der Waals surface area contributed by atoms with E-state index >= 15 is 0 Å². The Morgan fingerprint density at radius 2 is 1.90 bits per heavy atom. The number of nitrogens with one attached hydrogen (secondary N) is 1. The van der Waals surface area contributed by atoms with E-state index in [4.69, 9.17) is 31.2 Å². The molecular weight excluding hydrogens is 388 g/mol. The van der Waals surface area contributed by atoms with Gasteiger partial charge in [0.25, 0.3) is 0 Å². The molecule has 1 aliphatic heterocycles. The molecule has 0 aliphatic carbocycles. The molecule has 1 heterocycles. The summed E-state index contributed by atoms with van der Waals surface area (Å²) in [6.07, 6.45) is 2.28. The predicted octanol–water partition coefficient (Wildman–Crippen LogP) is 4.09. The number of nitrogens with zero attached hydrogens (tertiary/aromatic N) is 1. The van der Waals surface area contributed by atoms with Gasteiger partial charge in [0.05, 0.1) is 27.4 Å². The van der Waals surface area contributed by atoms with Crippen molar-refractivity contribution >= 4 is 23.0 Å². The van der Waals surface area contributed by atoms with Gasteiger partial charge in [-0.2, -0.15) is 0 Å². The maximum Gasteiger partial charge on any atom is 0.173 e. The highest BCUT2D eigenvalue weighted by molar-refractivity contribution is 7.80. The van der Waals surface area contributed by atoms with Gasteiger partial charge in [-0.3, -0.25) is 0 Å². The van der Waals surface area contributed by atoms with Crippen LogP contribution >= 0.6 is 12.2 Å². The minimum Gasteiger partial charge on any atom is -0.497 e. The van der Waals surface area contributed by atoms with Crippen LogP contribution in [0.2, 0.25) is 0 Å². The van der Waals surface area contributed by atoms with Gasteiger partial charge in [0, 0.05) is 37.0 Å². The Balaban J connectivity index is 1.81. The van der Waals surface area contributed by atoms with E-state index in [9.17, 15) is 0 Å². The lowest BCUT2D eigenvalue weighted by molar-refractivity contribution is 0.0903. The molecule has 0 saturated carbocycles. The highest BCUT2D eigenvalue weighted by atomic mass is 32.1. The first-order chi connectivity index (χ1) is 14.1. The van der Waals surface area contributed by atoms with Gasteiger partial charge in [0.1, 0.15) is 17.2 Å². The van der Waals surface area contributed by atoms with Gasteiger partial charge >= 0.3 is 0 Å². The zero-order valence-electron chi connectivity index (χ0n) is 17.1. The van der Waals surface area contributed by atoms with E-state index in [1.165, 1.54) is 0 Å². The average molecular weight is 417 g/mol. The molecule has 0 amide bonds.